The first-order valence-corrected chi connectivity index (χ1v) is 7.58. The van der Waals surface area contributed by atoms with Crippen LogP contribution in [-0.4, -0.2) is 36.4 Å². The third kappa shape index (κ3) is 3.53. The molecule has 0 aromatic heterocycles. The molecule has 0 saturated carbocycles. The van der Waals surface area contributed by atoms with Gasteiger partial charge in [-0.1, -0.05) is 18.2 Å². The Morgan fingerprint density at radius 3 is 2.62 bits per heavy atom. The molecule has 6 heteroatoms. The maximum Gasteiger partial charge on any atom is 0.264 e. The zero-order valence-corrected chi connectivity index (χ0v) is 13.2. The predicted molar refractivity (Wildman–Crippen MR) is 87.2 cm³/mol. The number of anilines is 1. The van der Waals surface area contributed by atoms with Crippen molar-refractivity contribution in [3.63, 3.8) is 0 Å². The van der Waals surface area contributed by atoms with Crippen molar-refractivity contribution in [2.75, 3.05) is 18.9 Å². The minimum atomic E-state index is -0.606. The van der Waals surface area contributed by atoms with Crippen LogP contribution in [0.1, 0.15) is 5.56 Å². The van der Waals surface area contributed by atoms with Crippen LogP contribution in [0, 0.1) is 5.82 Å². The van der Waals surface area contributed by atoms with Crippen LogP contribution in [0.5, 0.6) is 5.75 Å². The van der Waals surface area contributed by atoms with E-state index in [1.165, 1.54) is 29.2 Å². The number of carbonyl (C=O) groups is 2. The van der Waals surface area contributed by atoms with E-state index in [4.69, 9.17) is 4.74 Å². The van der Waals surface area contributed by atoms with Crippen molar-refractivity contribution in [3.8, 4) is 5.75 Å². The van der Waals surface area contributed by atoms with Crippen molar-refractivity contribution in [1.29, 1.82) is 0 Å². The second kappa shape index (κ2) is 6.70. The molecule has 3 rings (SSSR count). The summed E-state index contributed by atoms with van der Waals surface area (Å²) >= 11 is 0. The van der Waals surface area contributed by atoms with E-state index in [-0.39, 0.29) is 24.2 Å². The highest BCUT2D eigenvalue weighted by molar-refractivity contribution is 5.95. The summed E-state index contributed by atoms with van der Waals surface area (Å²) in [7, 11) is 1.55. The Morgan fingerprint density at radius 2 is 1.92 bits per heavy atom. The van der Waals surface area contributed by atoms with E-state index in [0.717, 1.165) is 5.56 Å². The number of nitrogens with zero attached hydrogens (tertiary/aromatic N) is 1. The van der Waals surface area contributed by atoms with Crippen LogP contribution < -0.4 is 10.1 Å². The predicted octanol–water partition coefficient (Wildman–Crippen LogP) is 2.23. The molecule has 0 fully saturated rings. The molecule has 1 aliphatic rings. The fourth-order valence-electron chi connectivity index (χ4n) is 2.59. The van der Waals surface area contributed by atoms with Gasteiger partial charge in [-0.15, -0.1) is 0 Å². The average molecular weight is 328 g/mol. The van der Waals surface area contributed by atoms with Gasteiger partial charge in [0.25, 0.3) is 5.91 Å². The molecule has 2 aromatic carbocycles. The van der Waals surface area contributed by atoms with Crippen molar-refractivity contribution in [2.24, 2.45) is 0 Å². The van der Waals surface area contributed by atoms with E-state index < -0.39 is 6.10 Å². The molecular formula is C18H17FN2O3. The van der Waals surface area contributed by atoms with Crippen molar-refractivity contribution in [3.05, 3.63) is 59.9 Å². The van der Waals surface area contributed by atoms with Gasteiger partial charge in [-0.3, -0.25) is 9.59 Å². The van der Waals surface area contributed by atoms with Crippen LogP contribution in [0.4, 0.5) is 10.1 Å². The lowest BCUT2D eigenvalue weighted by Crippen LogP contribution is -2.42. The van der Waals surface area contributed by atoms with Gasteiger partial charge in [0.2, 0.25) is 5.91 Å². The van der Waals surface area contributed by atoms with Crippen LogP contribution in [0.15, 0.2) is 48.5 Å². The summed E-state index contributed by atoms with van der Waals surface area (Å²) in [6.07, 6.45) is -0.107. The number of halogens is 1. The number of carbonyl (C=O) groups excluding carboxylic acids is 2. The lowest BCUT2D eigenvalue weighted by Gasteiger charge is -2.20. The van der Waals surface area contributed by atoms with Crippen LogP contribution in [0.2, 0.25) is 0 Å². The number of nitrogens with one attached hydrogen (secondary N) is 1. The van der Waals surface area contributed by atoms with Crippen molar-refractivity contribution in [2.45, 2.75) is 12.5 Å². The first kappa shape index (κ1) is 16.0. The van der Waals surface area contributed by atoms with Gasteiger partial charge in [-0.2, -0.15) is 0 Å². The van der Waals surface area contributed by atoms with E-state index in [0.29, 0.717) is 17.9 Å². The van der Waals surface area contributed by atoms with Crippen LogP contribution in [0.25, 0.3) is 0 Å². The quantitative estimate of drug-likeness (QED) is 0.936. The highest BCUT2D eigenvalue weighted by atomic mass is 19.1. The van der Waals surface area contributed by atoms with Gasteiger partial charge in [0.05, 0.1) is 6.54 Å². The zero-order chi connectivity index (χ0) is 17.1. The number of amides is 2. The highest BCUT2D eigenvalue weighted by Gasteiger charge is 2.31. The summed E-state index contributed by atoms with van der Waals surface area (Å²) in [5.41, 5.74) is 1.46. The fraction of sp³-hybridized carbons (Fsp3) is 0.222. The topological polar surface area (TPSA) is 58.6 Å². The maximum absolute atomic E-state index is 12.8. The molecule has 124 valence electrons. The molecule has 0 unspecified atom stereocenters. The minimum Gasteiger partial charge on any atom is -0.480 e. The first-order chi connectivity index (χ1) is 11.5. The molecule has 2 aromatic rings. The third-order valence-electron chi connectivity index (χ3n) is 3.81. The molecule has 1 heterocycles. The molecule has 2 amide bonds. The molecule has 0 spiro atoms. The molecule has 1 aliphatic heterocycles. The minimum absolute atomic E-state index is 0.105. The second-order valence-electron chi connectivity index (χ2n) is 5.67. The average Bonchev–Trinajstić information content (AvgIpc) is 3.00. The number of benzene rings is 2. The molecule has 0 saturated heterocycles. The van der Waals surface area contributed by atoms with Gasteiger partial charge in [0.1, 0.15) is 11.6 Å². The van der Waals surface area contributed by atoms with Crippen molar-refractivity contribution < 1.29 is 18.7 Å². The summed E-state index contributed by atoms with van der Waals surface area (Å²) in [4.78, 5) is 25.8. The lowest BCUT2D eigenvalue weighted by atomic mass is 10.1. The Morgan fingerprint density at radius 1 is 1.21 bits per heavy atom. The zero-order valence-electron chi connectivity index (χ0n) is 13.2. The molecule has 1 N–H and O–H groups in total. The van der Waals surface area contributed by atoms with Crippen molar-refractivity contribution in [1.82, 2.24) is 4.90 Å². The second-order valence-corrected chi connectivity index (χ2v) is 5.67. The van der Waals surface area contributed by atoms with Gasteiger partial charge in [-0.25, -0.2) is 4.39 Å². The monoisotopic (exact) mass is 328 g/mol. The summed E-state index contributed by atoms with van der Waals surface area (Å²) in [5, 5.41) is 2.62. The van der Waals surface area contributed by atoms with E-state index in [2.05, 4.69) is 5.32 Å². The Balaban J connectivity index is 1.55. The van der Waals surface area contributed by atoms with Gasteiger partial charge in [0, 0.05) is 19.2 Å². The SMILES string of the molecule is CN(CC(=O)Nc1ccc(F)cc1)C(=O)[C@@H]1Cc2ccccc2O1. The van der Waals surface area contributed by atoms with E-state index >= 15 is 0 Å². The Kier molecular flexibility index (Phi) is 4.46. The number of hydrogen-bond acceptors (Lipinski definition) is 3. The summed E-state index contributed by atoms with van der Waals surface area (Å²) in [5.74, 6) is -0.272. The number of para-hydroxylation sites is 1. The Hall–Kier alpha value is -2.89. The largest absolute Gasteiger partial charge is 0.480 e. The molecule has 5 nitrogen and oxygen atoms in total. The molecule has 24 heavy (non-hydrogen) atoms. The number of likely N-dealkylation sites (N-methyl/N-ethyl adjacent to an activating group) is 1. The molecule has 1 atom stereocenters. The van der Waals surface area contributed by atoms with E-state index in [9.17, 15) is 14.0 Å². The van der Waals surface area contributed by atoms with E-state index in [1.807, 2.05) is 24.3 Å². The Labute approximate surface area is 139 Å². The molecule has 0 radical (unpaired) electrons. The number of rotatable bonds is 4. The maximum atomic E-state index is 12.8. The van der Waals surface area contributed by atoms with E-state index in [1.54, 1.807) is 7.05 Å². The highest BCUT2D eigenvalue weighted by Crippen LogP contribution is 2.28. The molecule has 0 bridgehead atoms. The van der Waals surface area contributed by atoms with Gasteiger partial charge >= 0.3 is 0 Å². The van der Waals surface area contributed by atoms with Crippen LogP contribution in [-0.2, 0) is 16.0 Å². The lowest BCUT2D eigenvalue weighted by molar-refractivity contribution is -0.139. The summed E-state index contributed by atoms with van der Waals surface area (Å²) in [6, 6.07) is 12.9. The van der Waals surface area contributed by atoms with Gasteiger partial charge < -0.3 is 15.0 Å². The third-order valence-corrected chi connectivity index (χ3v) is 3.81. The summed E-state index contributed by atoms with van der Waals surface area (Å²) in [6.45, 7) is -0.105. The normalized spacial score (nSPS) is 15.3. The fourth-order valence-corrected chi connectivity index (χ4v) is 2.59. The molecular weight excluding hydrogens is 311 g/mol. The van der Waals surface area contributed by atoms with Crippen molar-refractivity contribution >= 4 is 17.5 Å². The number of hydrogen-bond donors (Lipinski definition) is 1. The summed E-state index contributed by atoms with van der Waals surface area (Å²) < 4.78 is 18.5. The van der Waals surface area contributed by atoms with Crippen LogP contribution >= 0.6 is 0 Å². The standard InChI is InChI=1S/C18H17FN2O3/c1-21(11-17(22)20-14-8-6-13(19)7-9-14)18(23)16-10-12-4-2-3-5-15(12)24-16/h2-9,16H,10-11H2,1H3,(H,20,22)/t16-/m0/s1. The molecule has 0 aliphatic carbocycles. The number of fused-ring (bicyclic) bond motifs is 1. The van der Waals surface area contributed by atoms with Gasteiger partial charge in [0.15, 0.2) is 6.10 Å². The smallest absolute Gasteiger partial charge is 0.264 e. The van der Waals surface area contributed by atoms with Crippen LogP contribution in [0.3, 0.4) is 0 Å². The Bertz CT molecular complexity index is 736. The number of ether oxygens (including phenoxy) is 1. The first-order valence-electron chi connectivity index (χ1n) is 7.58. The van der Waals surface area contributed by atoms with Gasteiger partial charge in [-0.05, 0) is 35.9 Å².